The third-order valence-electron chi connectivity index (χ3n) is 6.01. The van der Waals surface area contributed by atoms with Gasteiger partial charge in [0, 0.05) is 19.5 Å². The number of aliphatic carboxylic acids is 1. The summed E-state index contributed by atoms with van der Waals surface area (Å²) in [5, 5.41) is 15.0. The molecule has 0 saturated carbocycles. The van der Waals surface area contributed by atoms with Crippen molar-refractivity contribution in [2.24, 2.45) is 0 Å². The first-order valence-corrected chi connectivity index (χ1v) is 11.5. The molecule has 2 aliphatic heterocycles. The van der Waals surface area contributed by atoms with Gasteiger partial charge in [0.15, 0.2) is 0 Å². The van der Waals surface area contributed by atoms with E-state index in [0.29, 0.717) is 6.54 Å². The maximum atomic E-state index is 13.4. The molecule has 2 fully saturated rings. The van der Waals surface area contributed by atoms with Gasteiger partial charge in [-0.1, -0.05) is 49.6 Å². The number of piperazine rings is 1. The van der Waals surface area contributed by atoms with Crippen molar-refractivity contribution in [1.82, 2.24) is 25.1 Å². The van der Waals surface area contributed by atoms with E-state index in [1.165, 1.54) is 14.9 Å². The molecule has 0 radical (unpaired) electrons. The molecule has 0 bridgehead atoms. The molecule has 0 spiro atoms. The first-order valence-electron chi connectivity index (χ1n) is 11.5. The highest BCUT2D eigenvalue weighted by Crippen LogP contribution is 2.28. The number of carboxylic acids is 1. The van der Waals surface area contributed by atoms with Crippen molar-refractivity contribution < 1.29 is 24.3 Å². The highest BCUT2D eigenvalue weighted by molar-refractivity contribution is 5.91. The van der Waals surface area contributed by atoms with Crippen LogP contribution in [0.25, 0.3) is 0 Å². The number of benzene rings is 1. The second-order valence-electron chi connectivity index (χ2n) is 8.38. The summed E-state index contributed by atoms with van der Waals surface area (Å²) in [5.74, 6) is 0.805. The second kappa shape index (κ2) is 11.5. The van der Waals surface area contributed by atoms with Crippen LogP contribution in [0, 0.1) is 12.3 Å². The Morgan fingerprint density at radius 3 is 2.62 bits per heavy atom. The molecule has 2 N–H and O–H groups in total. The molecule has 10 nitrogen and oxygen atoms in total. The van der Waals surface area contributed by atoms with Crippen LogP contribution >= 0.6 is 0 Å². The molecular formula is C24H31N5O5. The maximum Gasteiger partial charge on any atom is 0.334 e. The number of hydrazine groups is 1. The number of unbranched alkanes of at least 4 members (excludes halogenated alkanes) is 1. The average Bonchev–Trinajstić information content (AvgIpc) is 2.81. The molecule has 4 amide bonds. The lowest BCUT2D eigenvalue weighted by atomic mass is 10.0. The van der Waals surface area contributed by atoms with Crippen LogP contribution in [0.15, 0.2) is 30.3 Å². The fraction of sp³-hybridized carbons (Fsp3) is 0.500. The van der Waals surface area contributed by atoms with E-state index in [2.05, 4.69) is 11.2 Å². The number of nitrogens with zero attached hydrogens (tertiary/aromatic N) is 4. The van der Waals surface area contributed by atoms with Gasteiger partial charge in [0.1, 0.15) is 12.2 Å². The smallest absolute Gasteiger partial charge is 0.334 e. The summed E-state index contributed by atoms with van der Waals surface area (Å²) in [6, 6.07) is 8.02. The van der Waals surface area contributed by atoms with Crippen molar-refractivity contribution in [3.63, 3.8) is 0 Å². The van der Waals surface area contributed by atoms with Crippen molar-refractivity contribution in [2.75, 3.05) is 26.2 Å². The molecule has 1 aromatic carbocycles. The van der Waals surface area contributed by atoms with Gasteiger partial charge in [-0.05, 0) is 18.4 Å². The molecule has 3 rings (SSSR count). The molecule has 10 heteroatoms. The zero-order valence-electron chi connectivity index (χ0n) is 19.4. The van der Waals surface area contributed by atoms with Crippen molar-refractivity contribution in [2.45, 2.75) is 51.4 Å². The monoisotopic (exact) mass is 469 g/mol. The van der Waals surface area contributed by atoms with E-state index >= 15 is 0 Å². The number of carboxylic acid groups (broad SMARTS) is 1. The molecule has 34 heavy (non-hydrogen) atoms. The number of fused-ring (bicyclic) bond motifs is 1. The molecule has 0 aromatic heterocycles. The van der Waals surface area contributed by atoms with E-state index in [1.54, 1.807) is 4.90 Å². The molecule has 1 aromatic rings. The zero-order chi connectivity index (χ0) is 24.7. The largest absolute Gasteiger partial charge is 0.481 e. The van der Waals surface area contributed by atoms with Crippen LogP contribution in [0.3, 0.4) is 0 Å². The summed E-state index contributed by atoms with van der Waals surface area (Å²) in [4.78, 5) is 53.9. The molecule has 2 atom stereocenters. The van der Waals surface area contributed by atoms with Crippen LogP contribution in [0.1, 0.15) is 38.2 Å². The van der Waals surface area contributed by atoms with E-state index in [9.17, 15) is 24.3 Å². The number of amides is 4. The van der Waals surface area contributed by atoms with Crippen LogP contribution in [-0.2, 0) is 20.9 Å². The average molecular weight is 470 g/mol. The van der Waals surface area contributed by atoms with Crippen LogP contribution in [0.4, 0.5) is 4.79 Å². The number of rotatable bonds is 9. The zero-order valence-corrected chi connectivity index (χ0v) is 19.4. The summed E-state index contributed by atoms with van der Waals surface area (Å²) >= 11 is 0. The first kappa shape index (κ1) is 25.1. The normalized spacial score (nSPS) is 20.6. The van der Waals surface area contributed by atoms with Gasteiger partial charge < -0.3 is 20.2 Å². The van der Waals surface area contributed by atoms with Crippen LogP contribution < -0.4 is 5.32 Å². The van der Waals surface area contributed by atoms with Crippen molar-refractivity contribution in [3.8, 4) is 12.3 Å². The van der Waals surface area contributed by atoms with Crippen molar-refractivity contribution in [1.29, 1.82) is 0 Å². The van der Waals surface area contributed by atoms with Gasteiger partial charge in [0.05, 0.1) is 19.6 Å². The number of urea groups is 1. The lowest BCUT2D eigenvalue weighted by Crippen LogP contribution is -2.76. The summed E-state index contributed by atoms with van der Waals surface area (Å²) in [6.07, 6.45) is 6.08. The Morgan fingerprint density at radius 2 is 1.97 bits per heavy atom. The number of terminal acetylenes is 1. The minimum atomic E-state index is -1.05. The minimum absolute atomic E-state index is 0.0202. The molecular weight excluding hydrogens is 438 g/mol. The predicted molar refractivity (Wildman–Crippen MR) is 124 cm³/mol. The Hall–Kier alpha value is -3.58. The maximum absolute atomic E-state index is 13.4. The predicted octanol–water partition coefficient (Wildman–Crippen LogP) is 1.09. The van der Waals surface area contributed by atoms with Crippen LogP contribution in [-0.4, -0.2) is 87.1 Å². The summed E-state index contributed by atoms with van der Waals surface area (Å²) in [5.41, 5.74) is 0.909. The molecule has 1 unspecified atom stereocenters. The number of carbonyl (C=O) groups excluding carboxylic acids is 3. The highest BCUT2D eigenvalue weighted by Gasteiger charge is 2.51. The third-order valence-corrected chi connectivity index (χ3v) is 6.01. The number of carbonyl (C=O) groups is 4. The molecule has 2 heterocycles. The molecule has 2 saturated heterocycles. The van der Waals surface area contributed by atoms with Crippen LogP contribution in [0.5, 0.6) is 0 Å². The van der Waals surface area contributed by atoms with Crippen molar-refractivity contribution >= 4 is 23.8 Å². The van der Waals surface area contributed by atoms with Gasteiger partial charge in [-0.3, -0.25) is 14.4 Å². The minimum Gasteiger partial charge on any atom is -0.481 e. The Balaban J connectivity index is 1.90. The first-order chi connectivity index (χ1) is 16.4. The SMILES string of the molecule is C#CCN1CC(=O)N2C(CCC(=O)O)C(=O)N(CCCC)C[C@@H]2N1C(=O)NCc1ccccc1. The fourth-order valence-corrected chi connectivity index (χ4v) is 4.38. The Kier molecular flexibility index (Phi) is 8.49. The van der Waals surface area contributed by atoms with Gasteiger partial charge in [-0.15, -0.1) is 6.42 Å². The van der Waals surface area contributed by atoms with Gasteiger partial charge in [-0.25, -0.2) is 9.80 Å². The van der Waals surface area contributed by atoms with Gasteiger partial charge in [0.2, 0.25) is 11.8 Å². The second-order valence-corrected chi connectivity index (χ2v) is 8.38. The van der Waals surface area contributed by atoms with Crippen molar-refractivity contribution in [3.05, 3.63) is 35.9 Å². The quantitative estimate of drug-likeness (QED) is 0.524. The lowest BCUT2D eigenvalue weighted by Gasteiger charge is -2.54. The highest BCUT2D eigenvalue weighted by atomic mass is 16.4. The third kappa shape index (κ3) is 5.66. The van der Waals surface area contributed by atoms with E-state index in [1.807, 2.05) is 37.3 Å². The number of hydrogen-bond donors (Lipinski definition) is 2. The summed E-state index contributed by atoms with van der Waals surface area (Å²) < 4.78 is 0. The van der Waals surface area contributed by atoms with E-state index in [0.717, 1.165) is 18.4 Å². The van der Waals surface area contributed by atoms with E-state index in [4.69, 9.17) is 6.42 Å². The molecule has 182 valence electrons. The topological polar surface area (TPSA) is 114 Å². The van der Waals surface area contributed by atoms with E-state index < -0.39 is 24.2 Å². The molecule has 2 aliphatic rings. The number of nitrogens with one attached hydrogen (secondary N) is 1. The fourth-order valence-electron chi connectivity index (χ4n) is 4.38. The molecule has 0 aliphatic carbocycles. The van der Waals surface area contributed by atoms with Gasteiger partial charge in [0.25, 0.3) is 0 Å². The van der Waals surface area contributed by atoms with Crippen LogP contribution in [0.2, 0.25) is 0 Å². The van der Waals surface area contributed by atoms with Gasteiger partial charge >= 0.3 is 12.0 Å². The number of hydrogen-bond acceptors (Lipinski definition) is 5. The summed E-state index contributed by atoms with van der Waals surface area (Å²) in [7, 11) is 0. The Labute approximate surface area is 199 Å². The van der Waals surface area contributed by atoms with Gasteiger partial charge in [-0.2, -0.15) is 5.01 Å². The summed E-state index contributed by atoms with van der Waals surface area (Å²) in [6.45, 7) is 2.75. The Bertz CT molecular complexity index is 947. The van der Waals surface area contributed by atoms with E-state index in [-0.39, 0.29) is 50.8 Å². The Morgan fingerprint density at radius 1 is 1.24 bits per heavy atom. The lowest BCUT2D eigenvalue weighted by molar-refractivity contribution is -0.189. The standard InChI is InChI=1S/C24H31N5O5/c1-3-5-14-26-16-20-28(19(23(26)33)11-12-22(31)32)21(30)17-27(13-4-2)29(20)24(34)25-15-18-9-7-6-8-10-18/h2,6-10,19-20H,3,5,11-17H2,1H3,(H,25,34)(H,31,32)/t19?,20-/m0/s1.